The third-order valence-corrected chi connectivity index (χ3v) is 4.39. The number of aromatic amines is 1. The van der Waals surface area contributed by atoms with Crippen molar-refractivity contribution in [3.05, 3.63) is 59.9 Å². The van der Waals surface area contributed by atoms with E-state index in [1.165, 1.54) is 0 Å². The molecule has 1 atom stereocenters. The van der Waals surface area contributed by atoms with E-state index in [1.807, 2.05) is 47.4 Å². The van der Waals surface area contributed by atoms with Crippen molar-refractivity contribution in [2.75, 3.05) is 18.6 Å². The van der Waals surface area contributed by atoms with E-state index < -0.39 is 0 Å². The first kappa shape index (κ1) is 14.0. The topological polar surface area (TPSA) is 58.2 Å². The second-order valence-electron chi connectivity index (χ2n) is 5.66. The van der Waals surface area contributed by atoms with Gasteiger partial charge in [0.1, 0.15) is 0 Å². The smallest absolute Gasteiger partial charge is 0.258 e. The summed E-state index contributed by atoms with van der Waals surface area (Å²) in [6.07, 6.45) is 2.48. The lowest BCUT2D eigenvalue weighted by Gasteiger charge is -2.33. The number of anilines is 1. The van der Waals surface area contributed by atoms with Gasteiger partial charge in [0.15, 0.2) is 0 Å². The molecule has 1 aliphatic heterocycles. The van der Waals surface area contributed by atoms with Crippen LogP contribution in [0.5, 0.6) is 0 Å². The molecule has 0 saturated carbocycles. The molecule has 1 aromatic heterocycles. The van der Waals surface area contributed by atoms with E-state index in [0.717, 1.165) is 28.7 Å². The van der Waals surface area contributed by atoms with Gasteiger partial charge < -0.3 is 14.6 Å². The fraction of sp³-hybridized carbons (Fsp3) is 0.222. The average Bonchev–Trinajstić information content (AvgIpc) is 3.08. The Labute approximate surface area is 133 Å². The number of imidazole rings is 1. The van der Waals surface area contributed by atoms with Crippen LogP contribution < -0.4 is 4.90 Å². The Balaban J connectivity index is 1.73. The second kappa shape index (κ2) is 5.52. The number of carbonyl (C=O) groups is 1. The number of carbonyl (C=O) groups excluding carboxylic acids is 1. The third kappa shape index (κ3) is 2.29. The Morgan fingerprint density at radius 1 is 1.30 bits per heavy atom. The van der Waals surface area contributed by atoms with Gasteiger partial charge in [-0.05, 0) is 30.7 Å². The molecule has 0 saturated heterocycles. The molecule has 0 aliphatic carbocycles. The SMILES string of the molecule is COC1CCN(C(=O)c2ccc3nc[nH]c3c2)c2ccccc21. The standard InChI is InChI=1S/C18H17N3O2/c1-23-17-8-9-21(16-5-3-2-4-13(16)17)18(22)12-6-7-14-15(10-12)20-11-19-14/h2-7,10-11,17H,8-9H2,1H3,(H,19,20). The molecule has 5 nitrogen and oxygen atoms in total. The number of rotatable bonds is 2. The van der Waals surface area contributed by atoms with Gasteiger partial charge in [0.2, 0.25) is 0 Å². The predicted octanol–water partition coefficient (Wildman–Crippen LogP) is 3.30. The molecule has 0 spiro atoms. The zero-order valence-corrected chi connectivity index (χ0v) is 12.8. The number of aromatic nitrogens is 2. The van der Waals surface area contributed by atoms with Gasteiger partial charge in [-0.15, -0.1) is 0 Å². The number of nitrogens with one attached hydrogen (secondary N) is 1. The molecule has 3 aromatic rings. The van der Waals surface area contributed by atoms with Crippen molar-refractivity contribution in [2.45, 2.75) is 12.5 Å². The summed E-state index contributed by atoms with van der Waals surface area (Å²) in [4.78, 5) is 22.1. The maximum absolute atomic E-state index is 13.0. The van der Waals surface area contributed by atoms with Crippen molar-refractivity contribution in [3.8, 4) is 0 Å². The van der Waals surface area contributed by atoms with Crippen LogP contribution in [0.1, 0.15) is 28.4 Å². The lowest BCUT2D eigenvalue weighted by molar-refractivity contribution is 0.0868. The first-order valence-electron chi connectivity index (χ1n) is 7.64. The Morgan fingerprint density at radius 3 is 3.04 bits per heavy atom. The second-order valence-corrected chi connectivity index (χ2v) is 5.66. The number of fused-ring (bicyclic) bond motifs is 2. The van der Waals surface area contributed by atoms with E-state index >= 15 is 0 Å². The third-order valence-electron chi connectivity index (χ3n) is 4.39. The molecule has 0 bridgehead atoms. The molecule has 1 amide bonds. The van der Waals surface area contributed by atoms with Crippen molar-refractivity contribution in [1.82, 2.24) is 9.97 Å². The average molecular weight is 307 g/mol. The van der Waals surface area contributed by atoms with Gasteiger partial charge in [0, 0.05) is 30.5 Å². The van der Waals surface area contributed by atoms with Crippen LogP contribution >= 0.6 is 0 Å². The van der Waals surface area contributed by atoms with Crippen molar-refractivity contribution in [2.24, 2.45) is 0 Å². The molecule has 116 valence electrons. The minimum Gasteiger partial charge on any atom is -0.377 e. The van der Waals surface area contributed by atoms with Gasteiger partial charge in [-0.3, -0.25) is 4.79 Å². The van der Waals surface area contributed by atoms with Crippen molar-refractivity contribution < 1.29 is 9.53 Å². The molecular weight excluding hydrogens is 290 g/mol. The zero-order chi connectivity index (χ0) is 15.8. The van der Waals surface area contributed by atoms with Crippen molar-refractivity contribution in [3.63, 3.8) is 0 Å². The summed E-state index contributed by atoms with van der Waals surface area (Å²) in [6.45, 7) is 0.648. The number of para-hydroxylation sites is 1. The van der Waals surface area contributed by atoms with Crippen molar-refractivity contribution >= 4 is 22.6 Å². The number of hydrogen-bond donors (Lipinski definition) is 1. The quantitative estimate of drug-likeness (QED) is 0.790. The van der Waals surface area contributed by atoms with Gasteiger partial charge in [0.25, 0.3) is 5.91 Å². The fourth-order valence-corrected chi connectivity index (χ4v) is 3.21. The van der Waals surface area contributed by atoms with Crippen LogP contribution in [0.3, 0.4) is 0 Å². The van der Waals surface area contributed by atoms with Gasteiger partial charge in [-0.2, -0.15) is 0 Å². The molecule has 4 rings (SSSR count). The number of H-pyrrole nitrogens is 1. The van der Waals surface area contributed by atoms with Crippen LogP contribution in [-0.4, -0.2) is 29.5 Å². The fourth-order valence-electron chi connectivity index (χ4n) is 3.21. The summed E-state index contributed by atoms with van der Waals surface area (Å²) in [5, 5.41) is 0. The number of amides is 1. The minimum atomic E-state index is 0.00324. The molecule has 1 N–H and O–H groups in total. The van der Waals surface area contributed by atoms with E-state index in [1.54, 1.807) is 13.4 Å². The zero-order valence-electron chi connectivity index (χ0n) is 12.8. The maximum atomic E-state index is 13.0. The van der Waals surface area contributed by atoms with Crippen LogP contribution in [-0.2, 0) is 4.74 Å². The molecular formula is C18H17N3O2. The monoisotopic (exact) mass is 307 g/mol. The van der Waals surface area contributed by atoms with E-state index in [0.29, 0.717) is 12.1 Å². The van der Waals surface area contributed by atoms with E-state index in [4.69, 9.17) is 4.74 Å². The highest BCUT2D eigenvalue weighted by molar-refractivity contribution is 6.08. The molecule has 0 radical (unpaired) electrons. The molecule has 23 heavy (non-hydrogen) atoms. The highest BCUT2D eigenvalue weighted by atomic mass is 16.5. The van der Waals surface area contributed by atoms with Crippen LogP contribution in [0.4, 0.5) is 5.69 Å². The Hall–Kier alpha value is -2.66. The summed E-state index contributed by atoms with van der Waals surface area (Å²) in [5.74, 6) is 0.00324. The predicted molar refractivity (Wildman–Crippen MR) is 88.6 cm³/mol. The molecule has 1 aliphatic rings. The summed E-state index contributed by atoms with van der Waals surface area (Å²) >= 11 is 0. The van der Waals surface area contributed by atoms with Gasteiger partial charge in [-0.1, -0.05) is 18.2 Å². The largest absolute Gasteiger partial charge is 0.377 e. The van der Waals surface area contributed by atoms with Crippen LogP contribution in [0, 0.1) is 0 Å². The minimum absolute atomic E-state index is 0.00324. The van der Waals surface area contributed by atoms with Crippen molar-refractivity contribution in [1.29, 1.82) is 0 Å². The number of methoxy groups -OCH3 is 1. The Morgan fingerprint density at radius 2 is 2.17 bits per heavy atom. The number of benzene rings is 2. The summed E-state index contributed by atoms with van der Waals surface area (Å²) in [5.41, 5.74) is 4.39. The van der Waals surface area contributed by atoms with E-state index in [-0.39, 0.29) is 12.0 Å². The lowest BCUT2D eigenvalue weighted by atomic mass is 9.98. The molecule has 5 heteroatoms. The molecule has 2 aromatic carbocycles. The van der Waals surface area contributed by atoms with Gasteiger partial charge in [-0.25, -0.2) is 4.98 Å². The normalized spacial score (nSPS) is 17.3. The number of hydrogen-bond acceptors (Lipinski definition) is 3. The van der Waals surface area contributed by atoms with E-state index in [2.05, 4.69) is 9.97 Å². The first-order valence-corrected chi connectivity index (χ1v) is 7.64. The number of nitrogens with zero attached hydrogens (tertiary/aromatic N) is 2. The number of ether oxygens (including phenoxy) is 1. The van der Waals surface area contributed by atoms with Gasteiger partial charge in [0.05, 0.1) is 23.5 Å². The Kier molecular flexibility index (Phi) is 3.35. The summed E-state index contributed by atoms with van der Waals surface area (Å²) in [6, 6.07) is 13.5. The molecule has 1 unspecified atom stereocenters. The van der Waals surface area contributed by atoms with Crippen LogP contribution in [0.25, 0.3) is 11.0 Å². The highest BCUT2D eigenvalue weighted by Crippen LogP contribution is 2.36. The molecule has 0 fully saturated rings. The van der Waals surface area contributed by atoms with Crippen LogP contribution in [0.15, 0.2) is 48.8 Å². The summed E-state index contributed by atoms with van der Waals surface area (Å²) in [7, 11) is 1.71. The maximum Gasteiger partial charge on any atom is 0.258 e. The van der Waals surface area contributed by atoms with Crippen LogP contribution in [0.2, 0.25) is 0 Å². The molecule has 2 heterocycles. The first-order chi connectivity index (χ1) is 11.3. The highest BCUT2D eigenvalue weighted by Gasteiger charge is 2.29. The lowest BCUT2D eigenvalue weighted by Crippen LogP contribution is -2.37. The van der Waals surface area contributed by atoms with Gasteiger partial charge >= 0.3 is 0 Å². The summed E-state index contributed by atoms with van der Waals surface area (Å²) < 4.78 is 5.55. The Bertz CT molecular complexity index is 871. The van der Waals surface area contributed by atoms with E-state index in [9.17, 15) is 4.79 Å².